The maximum atomic E-state index is 11.6. The lowest BCUT2D eigenvalue weighted by atomic mass is 10.1. The molecule has 0 saturated carbocycles. The summed E-state index contributed by atoms with van der Waals surface area (Å²) in [4.78, 5) is 66.3. The summed E-state index contributed by atoms with van der Waals surface area (Å²) in [5.41, 5.74) is 0. The largest absolute Gasteiger partial charge is 0.480 e. The lowest BCUT2D eigenvalue weighted by molar-refractivity contribution is -0.138. The van der Waals surface area contributed by atoms with Crippen molar-refractivity contribution in [1.29, 1.82) is 0 Å². The van der Waals surface area contributed by atoms with Gasteiger partial charge in [-0.2, -0.15) is 0 Å². The summed E-state index contributed by atoms with van der Waals surface area (Å²) in [6.45, 7) is -1.45. The van der Waals surface area contributed by atoms with Crippen LogP contribution in [-0.2, 0) is 28.8 Å². The van der Waals surface area contributed by atoms with E-state index >= 15 is 0 Å². The van der Waals surface area contributed by atoms with Gasteiger partial charge in [-0.05, 0) is 12.8 Å². The van der Waals surface area contributed by atoms with Crippen molar-refractivity contribution >= 4 is 35.6 Å². The Kier molecular flexibility index (Phi) is 15.8. The predicted molar refractivity (Wildman–Crippen MR) is 109 cm³/mol. The average molecular weight is 444 g/mol. The number of carbonyl (C=O) groups is 6. The van der Waals surface area contributed by atoms with Crippen LogP contribution in [0.1, 0.15) is 57.8 Å². The first kappa shape index (κ1) is 27.8. The van der Waals surface area contributed by atoms with Crippen LogP contribution in [0, 0.1) is 0 Å². The van der Waals surface area contributed by atoms with Gasteiger partial charge in [-0.1, -0.05) is 32.1 Å². The van der Waals surface area contributed by atoms with Crippen molar-refractivity contribution in [1.82, 2.24) is 21.3 Å². The Labute approximate surface area is 180 Å². The molecule has 0 saturated heterocycles. The molecule has 31 heavy (non-hydrogen) atoms. The number of hydrogen-bond donors (Lipinski definition) is 6. The van der Waals surface area contributed by atoms with Crippen molar-refractivity contribution in [3.8, 4) is 0 Å². The van der Waals surface area contributed by atoms with Crippen molar-refractivity contribution in [3.05, 3.63) is 0 Å². The first-order chi connectivity index (χ1) is 14.7. The van der Waals surface area contributed by atoms with E-state index in [2.05, 4.69) is 21.3 Å². The lowest BCUT2D eigenvalue weighted by Gasteiger charge is -2.06. The summed E-state index contributed by atoms with van der Waals surface area (Å²) in [6, 6.07) is 0. The Bertz CT molecular complexity index is 572. The highest BCUT2D eigenvalue weighted by Gasteiger charge is 2.08. The van der Waals surface area contributed by atoms with Crippen LogP contribution < -0.4 is 21.3 Å². The van der Waals surface area contributed by atoms with Crippen LogP contribution in [0.25, 0.3) is 0 Å². The third-order valence-electron chi connectivity index (χ3n) is 4.07. The van der Waals surface area contributed by atoms with Crippen LogP contribution in [0.4, 0.5) is 0 Å². The van der Waals surface area contributed by atoms with Crippen LogP contribution in [-0.4, -0.2) is 72.0 Å². The third-order valence-corrected chi connectivity index (χ3v) is 4.07. The molecule has 0 atom stereocenters. The van der Waals surface area contributed by atoms with Gasteiger partial charge in [-0.15, -0.1) is 0 Å². The molecule has 12 heteroatoms. The van der Waals surface area contributed by atoms with E-state index in [-0.39, 0.29) is 24.9 Å². The molecule has 12 nitrogen and oxygen atoms in total. The second kappa shape index (κ2) is 17.7. The molecule has 0 heterocycles. The van der Waals surface area contributed by atoms with E-state index in [4.69, 9.17) is 10.2 Å². The molecule has 0 spiro atoms. The molecule has 0 aromatic heterocycles. The Hall–Kier alpha value is -3.18. The number of carboxylic acid groups (broad SMARTS) is 2. The Balaban J connectivity index is 3.49. The number of hydrogen-bond acceptors (Lipinski definition) is 6. The highest BCUT2D eigenvalue weighted by Crippen LogP contribution is 2.09. The fraction of sp³-hybridized carbons (Fsp3) is 0.684. The number of unbranched alkanes of at least 4 members (excludes halogenated alkanes) is 6. The maximum absolute atomic E-state index is 11.6. The molecule has 0 aromatic rings. The predicted octanol–water partition coefficient (Wildman–Crippen LogP) is -0.869. The number of amides is 4. The van der Waals surface area contributed by atoms with Crippen LogP contribution in [0.5, 0.6) is 0 Å². The molecule has 0 unspecified atom stereocenters. The molecule has 6 N–H and O–H groups in total. The number of aliphatic carboxylic acids is 2. The minimum absolute atomic E-state index is 0.243. The van der Waals surface area contributed by atoms with Crippen LogP contribution in [0.2, 0.25) is 0 Å². The Morgan fingerprint density at radius 2 is 0.710 bits per heavy atom. The van der Waals surface area contributed by atoms with Crippen LogP contribution in [0.3, 0.4) is 0 Å². The third kappa shape index (κ3) is 19.9. The molecule has 0 radical (unpaired) electrons. The van der Waals surface area contributed by atoms with E-state index in [1.54, 1.807) is 0 Å². The zero-order valence-electron chi connectivity index (χ0n) is 17.5. The van der Waals surface area contributed by atoms with Gasteiger partial charge < -0.3 is 31.5 Å². The van der Waals surface area contributed by atoms with Crippen molar-refractivity contribution < 1.29 is 39.0 Å². The highest BCUT2D eigenvalue weighted by atomic mass is 16.4. The normalized spacial score (nSPS) is 10.1. The second-order valence-electron chi connectivity index (χ2n) is 6.87. The molecule has 0 rings (SSSR count). The molecule has 0 aliphatic carbocycles. The minimum Gasteiger partial charge on any atom is -0.480 e. The maximum Gasteiger partial charge on any atom is 0.322 e. The van der Waals surface area contributed by atoms with E-state index in [0.29, 0.717) is 25.7 Å². The van der Waals surface area contributed by atoms with Crippen molar-refractivity contribution in [2.75, 3.05) is 26.2 Å². The molecular weight excluding hydrogens is 412 g/mol. The highest BCUT2D eigenvalue weighted by molar-refractivity contribution is 5.87. The van der Waals surface area contributed by atoms with Gasteiger partial charge in [0.15, 0.2) is 0 Å². The van der Waals surface area contributed by atoms with Gasteiger partial charge in [0.05, 0.1) is 13.1 Å². The van der Waals surface area contributed by atoms with Crippen molar-refractivity contribution in [2.24, 2.45) is 0 Å². The SMILES string of the molecule is O=C(O)CNC(=O)CNC(=O)CCCCCCCCCC(=O)NCC(=O)NCC(=O)O. The summed E-state index contributed by atoms with van der Waals surface area (Å²) in [6.07, 6.45) is 6.57. The summed E-state index contributed by atoms with van der Waals surface area (Å²) < 4.78 is 0. The minimum atomic E-state index is -1.15. The first-order valence-electron chi connectivity index (χ1n) is 10.2. The smallest absolute Gasteiger partial charge is 0.322 e. The topological polar surface area (TPSA) is 191 Å². The van der Waals surface area contributed by atoms with Crippen molar-refractivity contribution in [2.45, 2.75) is 57.8 Å². The molecule has 4 amide bonds. The molecule has 0 fully saturated rings. The second-order valence-corrected chi connectivity index (χ2v) is 6.87. The average Bonchev–Trinajstić information content (AvgIpc) is 2.71. The number of carbonyl (C=O) groups excluding carboxylic acids is 4. The van der Waals surface area contributed by atoms with Gasteiger partial charge in [0.1, 0.15) is 13.1 Å². The Morgan fingerprint density at radius 1 is 0.419 bits per heavy atom. The standard InChI is InChI=1S/C19H32N4O8/c24-14(20-10-16(26)22-12-18(28)29)8-6-4-2-1-3-5-7-9-15(25)21-11-17(27)23-13-19(30)31/h1-13H2,(H,20,24)(H,21,25)(H,22,26)(H,23,27)(H,28,29)(H,30,31). The van der Waals surface area contributed by atoms with Gasteiger partial charge >= 0.3 is 11.9 Å². The molecular formula is C19H32N4O8. The van der Waals surface area contributed by atoms with Gasteiger partial charge in [0.25, 0.3) is 0 Å². The van der Waals surface area contributed by atoms with E-state index in [1.165, 1.54) is 0 Å². The molecule has 0 aliphatic rings. The summed E-state index contributed by atoms with van der Waals surface area (Å²) in [7, 11) is 0. The number of carboxylic acids is 2. The Morgan fingerprint density at radius 3 is 1.03 bits per heavy atom. The zero-order chi connectivity index (χ0) is 23.5. The number of nitrogens with one attached hydrogen (secondary N) is 4. The number of rotatable bonds is 18. The lowest BCUT2D eigenvalue weighted by Crippen LogP contribution is -2.38. The fourth-order valence-corrected chi connectivity index (χ4v) is 2.46. The van der Waals surface area contributed by atoms with Gasteiger partial charge in [-0.3, -0.25) is 28.8 Å². The van der Waals surface area contributed by atoms with Gasteiger partial charge in [-0.25, -0.2) is 0 Å². The quantitative estimate of drug-likeness (QED) is 0.147. The summed E-state index contributed by atoms with van der Waals surface area (Å²) in [5, 5.41) is 26.0. The molecule has 0 bridgehead atoms. The van der Waals surface area contributed by atoms with Crippen molar-refractivity contribution in [3.63, 3.8) is 0 Å². The molecule has 0 aromatic carbocycles. The first-order valence-corrected chi connectivity index (χ1v) is 10.2. The van der Waals surface area contributed by atoms with E-state index in [0.717, 1.165) is 32.1 Å². The fourth-order valence-electron chi connectivity index (χ4n) is 2.46. The van der Waals surface area contributed by atoms with E-state index in [1.807, 2.05) is 0 Å². The van der Waals surface area contributed by atoms with Gasteiger partial charge in [0, 0.05) is 12.8 Å². The summed E-state index contributed by atoms with van der Waals surface area (Å²) >= 11 is 0. The van der Waals surface area contributed by atoms with Gasteiger partial charge in [0.2, 0.25) is 23.6 Å². The zero-order valence-corrected chi connectivity index (χ0v) is 17.5. The molecule has 176 valence electrons. The van der Waals surface area contributed by atoms with E-state index < -0.39 is 36.8 Å². The molecule has 0 aliphatic heterocycles. The van der Waals surface area contributed by atoms with E-state index in [9.17, 15) is 28.8 Å². The van der Waals surface area contributed by atoms with Crippen LogP contribution in [0.15, 0.2) is 0 Å². The monoisotopic (exact) mass is 444 g/mol. The van der Waals surface area contributed by atoms with Crippen LogP contribution >= 0.6 is 0 Å². The summed E-state index contributed by atoms with van der Waals surface area (Å²) in [5.74, 6) is -3.91.